The summed E-state index contributed by atoms with van der Waals surface area (Å²) in [5, 5.41) is 18.1. The van der Waals surface area contributed by atoms with Gasteiger partial charge in [-0.05, 0) is 31.9 Å². The predicted octanol–water partition coefficient (Wildman–Crippen LogP) is 2.95. The van der Waals surface area contributed by atoms with Gasteiger partial charge in [0.05, 0.1) is 5.69 Å². The van der Waals surface area contributed by atoms with Crippen molar-refractivity contribution >= 4 is 11.9 Å². The Morgan fingerprint density at radius 1 is 1.12 bits per heavy atom. The van der Waals surface area contributed by atoms with Crippen LogP contribution in [0.25, 0.3) is 11.3 Å². The second-order valence-corrected chi connectivity index (χ2v) is 6.26. The molecule has 6 nitrogen and oxygen atoms in total. The van der Waals surface area contributed by atoms with E-state index in [1.807, 2.05) is 37.3 Å². The van der Waals surface area contributed by atoms with Crippen LogP contribution in [0.4, 0.5) is 10.6 Å². The highest BCUT2D eigenvalue weighted by atomic mass is 16.4. The number of piperazine rings is 1. The van der Waals surface area contributed by atoms with Gasteiger partial charge in [-0.2, -0.15) is 0 Å². The Bertz CT molecular complexity index is 748. The normalized spacial score (nSPS) is 17.9. The van der Waals surface area contributed by atoms with Crippen molar-refractivity contribution < 1.29 is 9.90 Å². The van der Waals surface area contributed by atoms with Crippen molar-refractivity contribution in [1.29, 1.82) is 0 Å². The fourth-order valence-corrected chi connectivity index (χ4v) is 3.20. The zero-order valence-electron chi connectivity index (χ0n) is 14.2. The SMILES string of the molecule is Cc1c(-c2ccccc2)nnc(N2CCN(C(=O)O)C(C)C2)c1C. The number of aromatic nitrogens is 2. The lowest BCUT2D eigenvalue weighted by atomic mass is 10.0. The molecule has 2 heterocycles. The number of rotatable bonds is 2. The Kier molecular flexibility index (Phi) is 4.38. The first-order valence-electron chi connectivity index (χ1n) is 8.13. The van der Waals surface area contributed by atoms with Crippen LogP contribution in [0.1, 0.15) is 18.1 Å². The quantitative estimate of drug-likeness (QED) is 0.919. The first-order valence-corrected chi connectivity index (χ1v) is 8.13. The van der Waals surface area contributed by atoms with Crippen LogP contribution >= 0.6 is 0 Å². The number of anilines is 1. The lowest BCUT2D eigenvalue weighted by Crippen LogP contribution is -2.54. The molecule has 2 aromatic rings. The van der Waals surface area contributed by atoms with Crippen LogP contribution in [0.2, 0.25) is 0 Å². The van der Waals surface area contributed by atoms with Crippen molar-refractivity contribution in [2.75, 3.05) is 24.5 Å². The summed E-state index contributed by atoms with van der Waals surface area (Å²) in [5.74, 6) is 0.851. The van der Waals surface area contributed by atoms with E-state index in [-0.39, 0.29) is 6.04 Å². The van der Waals surface area contributed by atoms with E-state index in [0.29, 0.717) is 19.6 Å². The summed E-state index contributed by atoms with van der Waals surface area (Å²) in [6.45, 7) is 7.79. The largest absolute Gasteiger partial charge is 0.465 e. The van der Waals surface area contributed by atoms with E-state index in [1.54, 1.807) is 0 Å². The van der Waals surface area contributed by atoms with Crippen molar-refractivity contribution in [3.63, 3.8) is 0 Å². The molecule has 1 aliphatic rings. The molecule has 1 aromatic heterocycles. The standard InChI is InChI=1S/C18H22N4O2/c1-12-11-21(9-10-22(12)18(23)24)17-14(3)13(2)16(19-20-17)15-7-5-4-6-8-15/h4-8,12H,9-11H2,1-3H3,(H,23,24). The first kappa shape index (κ1) is 16.2. The van der Waals surface area contributed by atoms with Crippen molar-refractivity contribution in [3.05, 3.63) is 41.5 Å². The van der Waals surface area contributed by atoms with Crippen LogP contribution < -0.4 is 4.90 Å². The van der Waals surface area contributed by atoms with Gasteiger partial charge >= 0.3 is 6.09 Å². The highest BCUT2D eigenvalue weighted by molar-refractivity contribution is 5.68. The molecule has 1 aromatic carbocycles. The minimum Gasteiger partial charge on any atom is -0.465 e. The molecule has 1 fully saturated rings. The van der Waals surface area contributed by atoms with Crippen LogP contribution in [0.3, 0.4) is 0 Å². The maximum absolute atomic E-state index is 11.2. The lowest BCUT2D eigenvalue weighted by Gasteiger charge is -2.39. The molecule has 6 heteroatoms. The third-order valence-electron chi connectivity index (χ3n) is 4.72. The molecule has 0 aliphatic carbocycles. The molecule has 0 bridgehead atoms. The summed E-state index contributed by atoms with van der Waals surface area (Å²) in [5.41, 5.74) is 4.16. The topological polar surface area (TPSA) is 69.6 Å². The van der Waals surface area contributed by atoms with Crippen molar-refractivity contribution in [3.8, 4) is 11.3 Å². The van der Waals surface area contributed by atoms with Gasteiger partial charge in [0, 0.05) is 31.2 Å². The first-order chi connectivity index (χ1) is 11.5. The highest BCUT2D eigenvalue weighted by Gasteiger charge is 2.29. The van der Waals surface area contributed by atoms with Crippen LogP contribution in [0.5, 0.6) is 0 Å². The van der Waals surface area contributed by atoms with Gasteiger partial charge in [-0.1, -0.05) is 30.3 Å². The molecule has 3 rings (SSSR count). The Labute approximate surface area is 141 Å². The zero-order chi connectivity index (χ0) is 17.3. The van der Waals surface area contributed by atoms with Crippen LogP contribution in [0.15, 0.2) is 30.3 Å². The van der Waals surface area contributed by atoms with E-state index >= 15 is 0 Å². The van der Waals surface area contributed by atoms with Crippen molar-refractivity contribution in [2.45, 2.75) is 26.8 Å². The van der Waals surface area contributed by atoms with Crippen LogP contribution in [-0.2, 0) is 0 Å². The fraction of sp³-hybridized carbons (Fsp3) is 0.389. The summed E-state index contributed by atoms with van der Waals surface area (Å²) in [7, 11) is 0. The molecule has 1 unspecified atom stereocenters. The molecule has 0 saturated carbocycles. The summed E-state index contributed by atoms with van der Waals surface area (Å²) in [6, 6.07) is 9.97. The molecule has 1 amide bonds. The second-order valence-electron chi connectivity index (χ2n) is 6.26. The smallest absolute Gasteiger partial charge is 0.407 e. The van der Waals surface area contributed by atoms with E-state index in [1.165, 1.54) is 4.90 Å². The van der Waals surface area contributed by atoms with E-state index in [4.69, 9.17) is 0 Å². The Morgan fingerprint density at radius 3 is 2.46 bits per heavy atom. The molecule has 24 heavy (non-hydrogen) atoms. The molecule has 126 valence electrons. The summed E-state index contributed by atoms with van der Waals surface area (Å²) in [6.07, 6.45) is -0.861. The Balaban J connectivity index is 1.88. The summed E-state index contributed by atoms with van der Waals surface area (Å²) >= 11 is 0. The van der Waals surface area contributed by atoms with Crippen LogP contribution in [-0.4, -0.2) is 52.0 Å². The molecule has 1 atom stereocenters. The van der Waals surface area contributed by atoms with Gasteiger partial charge in [-0.3, -0.25) is 0 Å². The molecular weight excluding hydrogens is 304 g/mol. The van der Waals surface area contributed by atoms with Gasteiger partial charge in [0.2, 0.25) is 0 Å². The number of benzene rings is 1. The average molecular weight is 326 g/mol. The number of carboxylic acid groups (broad SMARTS) is 1. The van der Waals surface area contributed by atoms with E-state index in [2.05, 4.69) is 28.9 Å². The number of nitrogens with zero attached hydrogens (tertiary/aromatic N) is 4. The van der Waals surface area contributed by atoms with Gasteiger partial charge in [-0.15, -0.1) is 10.2 Å². The van der Waals surface area contributed by atoms with Crippen LogP contribution in [0, 0.1) is 13.8 Å². The Morgan fingerprint density at radius 2 is 1.83 bits per heavy atom. The highest BCUT2D eigenvalue weighted by Crippen LogP contribution is 2.28. The molecular formula is C18H22N4O2. The predicted molar refractivity (Wildman–Crippen MR) is 93.3 cm³/mol. The van der Waals surface area contributed by atoms with Gasteiger partial charge in [0.1, 0.15) is 0 Å². The number of carbonyl (C=O) groups is 1. The molecule has 1 saturated heterocycles. The monoisotopic (exact) mass is 326 g/mol. The number of hydrogen-bond donors (Lipinski definition) is 1. The van der Waals surface area contributed by atoms with Gasteiger partial charge < -0.3 is 14.9 Å². The number of amides is 1. The van der Waals surface area contributed by atoms with Crippen molar-refractivity contribution in [2.24, 2.45) is 0 Å². The van der Waals surface area contributed by atoms with E-state index in [0.717, 1.165) is 28.2 Å². The average Bonchev–Trinajstić information content (AvgIpc) is 2.57. The van der Waals surface area contributed by atoms with Gasteiger partial charge in [0.25, 0.3) is 0 Å². The molecule has 0 spiro atoms. The maximum atomic E-state index is 11.2. The minimum absolute atomic E-state index is 0.0634. The second kappa shape index (κ2) is 6.47. The summed E-state index contributed by atoms with van der Waals surface area (Å²) in [4.78, 5) is 14.8. The van der Waals surface area contributed by atoms with E-state index < -0.39 is 6.09 Å². The lowest BCUT2D eigenvalue weighted by molar-refractivity contribution is 0.122. The third kappa shape index (κ3) is 2.91. The molecule has 1 N–H and O–H groups in total. The Hall–Kier alpha value is -2.63. The van der Waals surface area contributed by atoms with Gasteiger partial charge in [-0.25, -0.2) is 4.79 Å². The summed E-state index contributed by atoms with van der Waals surface area (Å²) < 4.78 is 0. The number of hydrogen-bond acceptors (Lipinski definition) is 4. The maximum Gasteiger partial charge on any atom is 0.407 e. The molecule has 1 aliphatic heterocycles. The zero-order valence-corrected chi connectivity index (χ0v) is 14.2. The molecule has 0 radical (unpaired) electrons. The van der Waals surface area contributed by atoms with Gasteiger partial charge in [0.15, 0.2) is 5.82 Å². The van der Waals surface area contributed by atoms with E-state index in [9.17, 15) is 9.90 Å². The van der Waals surface area contributed by atoms with Crippen molar-refractivity contribution in [1.82, 2.24) is 15.1 Å². The third-order valence-corrected chi connectivity index (χ3v) is 4.72. The fourth-order valence-electron chi connectivity index (χ4n) is 3.20. The minimum atomic E-state index is -0.861.